The zero-order valence-electron chi connectivity index (χ0n) is 18.1. The summed E-state index contributed by atoms with van der Waals surface area (Å²) >= 11 is 0. The second kappa shape index (κ2) is 10.7. The summed E-state index contributed by atoms with van der Waals surface area (Å²) in [4.78, 5) is 27.3. The zero-order valence-corrected chi connectivity index (χ0v) is 18.1. The van der Waals surface area contributed by atoms with Crippen LogP contribution in [-0.4, -0.2) is 62.7 Å². The first-order valence-electron chi connectivity index (χ1n) is 10.5. The highest BCUT2D eigenvalue weighted by atomic mass is 19.4. The van der Waals surface area contributed by atoms with E-state index in [1.54, 1.807) is 19.9 Å². The van der Waals surface area contributed by atoms with Gasteiger partial charge in [-0.3, -0.25) is 9.69 Å². The molecule has 1 aliphatic heterocycles. The number of alkyl halides is 3. The van der Waals surface area contributed by atoms with E-state index in [0.29, 0.717) is 25.3 Å². The van der Waals surface area contributed by atoms with E-state index >= 15 is 0 Å². The van der Waals surface area contributed by atoms with E-state index in [4.69, 9.17) is 5.73 Å². The molecule has 31 heavy (non-hydrogen) atoms. The first-order valence-corrected chi connectivity index (χ1v) is 10.5. The van der Waals surface area contributed by atoms with E-state index in [2.05, 4.69) is 15.5 Å². The number of unbranched alkanes of at least 4 members (excludes halogenated alkanes) is 1. The monoisotopic (exact) mass is 443 g/mol. The third-order valence-electron chi connectivity index (χ3n) is 5.46. The van der Waals surface area contributed by atoms with Crippen LogP contribution in [0, 0.1) is 5.41 Å². The molecule has 1 fully saturated rings. The average molecular weight is 444 g/mol. The van der Waals surface area contributed by atoms with Gasteiger partial charge in [0.1, 0.15) is 0 Å². The van der Waals surface area contributed by atoms with Gasteiger partial charge in [-0.2, -0.15) is 13.2 Å². The number of primary amides is 1. The molecule has 0 bridgehead atoms. The maximum Gasteiger partial charge on any atom is 0.416 e. The van der Waals surface area contributed by atoms with Gasteiger partial charge >= 0.3 is 12.2 Å². The zero-order chi connectivity index (χ0) is 23.1. The molecule has 1 heterocycles. The van der Waals surface area contributed by atoms with E-state index < -0.39 is 23.1 Å². The third kappa shape index (κ3) is 7.93. The largest absolute Gasteiger partial charge is 0.416 e. The van der Waals surface area contributed by atoms with E-state index in [0.717, 1.165) is 38.5 Å². The fraction of sp³-hybridized carbons (Fsp3) is 0.619. The van der Waals surface area contributed by atoms with Gasteiger partial charge in [0.05, 0.1) is 11.0 Å². The summed E-state index contributed by atoms with van der Waals surface area (Å²) in [5.74, 6) is -0.471. The fourth-order valence-corrected chi connectivity index (χ4v) is 3.22. The molecule has 0 saturated carbocycles. The first-order chi connectivity index (χ1) is 14.5. The lowest BCUT2D eigenvalue weighted by molar-refractivity contribution is -0.137. The highest BCUT2D eigenvalue weighted by Crippen LogP contribution is 2.31. The van der Waals surface area contributed by atoms with Crippen LogP contribution in [0.5, 0.6) is 0 Å². The van der Waals surface area contributed by atoms with Crippen LogP contribution in [0.15, 0.2) is 24.3 Å². The highest BCUT2D eigenvalue weighted by Gasteiger charge is 2.31. The molecule has 0 aliphatic carbocycles. The van der Waals surface area contributed by atoms with E-state index in [1.165, 1.54) is 12.1 Å². The number of carbonyl (C=O) groups is 2. The molecule has 4 N–H and O–H groups in total. The van der Waals surface area contributed by atoms with Crippen LogP contribution < -0.4 is 21.3 Å². The Hall–Kier alpha value is -2.49. The second-order valence-electron chi connectivity index (χ2n) is 8.44. The Morgan fingerprint density at radius 1 is 1.06 bits per heavy atom. The van der Waals surface area contributed by atoms with Gasteiger partial charge in [0.25, 0.3) is 0 Å². The molecule has 1 saturated heterocycles. The summed E-state index contributed by atoms with van der Waals surface area (Å²) in [5.41, 5.74) is 4.45. The number of carbonyl (C=O) groups excluding carboxylic acids is 2. The van der Waals surface area contributed by atoms with Gasteiger partial charge < -0.3 is 21.3 Å². The van der Waals surface area contributed by atoms with Gasteiger partial charge in [0.2, 0.25) is 5.91 Å². The lowest BCUT2D eigenvalue weighted by Crippen LogP contribution is -2.47. The number of hydrogen-bond donors (Lipinski definition) is 3. The number of anilines is 1. The minimum Gasteiger partial charge on any atom is -0.369 e. The molecular weight excluding hydrogens is 411 g/mol. The normalized spacial score (nSPS) is 15.6. The number of benzene rings is 1. The summed E-state index contributed by atoms with van der Waals surface area (Å²) in [7, 11) is 0. The van der Waals surface area contributed by atoms with E-state index in [1.807, 2.05) is 4.90 Å². The number of nitrogens with two attached hydrogens (primary N) is 1. The minimum atomic E-state index is -4.33. The average Bonchev–Trinajstić information content (AvgIpc) is 2.72. The van der Waals surface area contributed by atoms with Crippen LogP contribution in [-0.2, 0) is 11.0 Å². The number of nitrogens with zero attached hydrogens (tertiary/aromatic N) is 2. The van der Waals surface area contributed by atoms with Crippen molar-refractivity contribution in [3.05, 3.63) is 29.8 Å². The van der Waals surface area contributed by atoms with Crippen molar-refractivity contribution in [3.8, 4) is 0 Å². The van der Waals surface area contributed by atoms with Crippen molar-refractivity contribution in [3.63, 3.8) is 0 Å². The molecule has 0 unspecified atom stereocenters. The lowest BCUT2D eigenvalue weighted by Gasteiger charge is -2.36. The second-order valence-corrected chi connectivity index (χ2v) is 8.44. The predicted molar refractivity (Wildman–Crippen MR) is 114 cm³/mol. The van der Waals surface area contributed by atoms with Crippen LogP contribution in [0.25, 0.3) is 0 Å². The Morgan fingerprint density at radius 2 is 1.74 bits per heavy atom. The van der Waals surface area contributed by atoms with Crippen molar-refractivity contribution in [2.75, 3.05) is 50.7 Å². The first kappa shape index (κ1) is 24.8. The number of halogens is 3. The standard InChI is InChI=1S/C21H32F3N5O2/c1-20(2,18(25)30)15-27-19(31)26-8-3-4-9-28-10-12-29(13-11-28)17-7-5-6-16(14-17)21(22,23)24/h5-7,14H,3-4,8-13,15H2,1-2H3,(H2,25,30)(H2,26,27,31). The van der Waals surface area contributed by atoms with Gasteiger partial charge in [-0.05, 0) is 51.4 Å². The smallest absolute Gasteiger partial charge is 0.369 e. The SMILES string of the molecule is CC(C)(CNC(=O)NCCCCN1CCN(c2cccc(C(F)(F)F)c2)CC1)C(N)=O. The molecule has 1 aromatic rings. The van der Waals surface area contributed by atoms with Crippen molar-refractivity contribution >= 4 is 17.6 Å². The quantitative estimate of drug-likeness (QED) is 0.512. The van der Waals surface area contributed by atoms with Crippen molar-refractivity contribution < 1.29 is 22.8 Å². The number of piperazine rings is 1. The highest BCUT2D eigenvalue weighted by molar-refractivity contribution is 5.81. The van der Waals surface area contributed by atoms with E-state index in [9.17, 15) is 22.8 Å². The predicted octanol–water partition coefficient (Wildman–Crippen LogP) is 2.42. The molecule has 0 spiro atoms. The molecule has 174 valence electrons. The van der Waals surface area contributed by atoms with Gasteiger partial charge in [0, 0.05) is 45.0 Å². The molecule has 0 aromatic heterocycles. The van der Waals surface area contributed by atoms with Crippen LogP contribution in [0.4, 0.5) is 23.7 Å². The van der Waals surface area contributed by atoms with Crippen LogP contribution in [0.1, 0.15) is 32.3 Å². The minimum absolute atomic E-state index is 0.171. The summed E-state index contributed by atoms with van der Waals surface area (Å²) in [6.07, 6.45) is -2.63. The number of amides is 3. The summed E-state index contributed by atoms with van der Waals surface area (Å²) in [6, 6.07) is 5.13. The molecule has 10 heteroatoms. The molecular formula is C21H32F3N5O2. The van der Waals surface area contributed by atoms with Crippen molar-refractivity contribution in [1.82, 2.24) is 15.5 Å². The van der Waals surface area contributed by atoms with E-state index in [-0.39, 0.29) is 12.6 Å². The van der Waals surface area contributed by atoms with Crippen molar-refractivity contribution in [2.24, 2.45) is 11.1 Å². The van der Waals surface area contributed by atoms with Crippen LogP contribution in [0.2, 0.25) is 0 Å². The maximum absolute atomic E-state index is 12.9. The topological polar surface area (TPSA) is 90.7 Å². The Kier molecular flexibility index (Phi) is 8.55. The number of hydrogen-bond acceptors (Lipinski definition) is 4. The maximum atomic E-state index is 12.9. The number of rotatable bonds is 9. The molecule has 1 aromatic carbocycles. The molecule has 0 radical (unpaired) electrons. The lowest BCUT2D eigenvalue weighted by atomic mass is 9.93. The molecule has 0 atom stereocenters. The summed E-state index contributed by atoms with van der Waals surface area (Å²) in [5, 5.41) is 5.40. The summed E-state index contributed by atoms with van der Waals surface area (Å²) < 4.78 is 38.7. The molecule has 2 rings (SSSR count). The third-order valence-corrected chi connectivity index (χ3v) is 5.46. The Balaban J connectivity index is 1.62. The molecule has 3 amide bonds. The van der Waals surface area contributed by atoms with Crippen molar-refractivity contribution in [2.45, 2.75) is 32.9 Å². The Morgan fingerprint density at radius 3 is 2.35 bits per heavy atom. The van der Waals surface area contributed by atoms with Crippen molar-refractivity contribution in [1.29, 1.82) is 0 Å². The van der Waals surface area contributed by atoms with Crippen LogP contribution in [0.3, 0.4) is 0 Å². The van der Waals surface area contributed by atoms with Gasteiger partial charge in [-0.1, -0.05) is 6.07 Å². The fourth-order valence-electron chi connectivity index (χ4n) is 3.22. The Labute approximate surface area is 181 Å². The van der Waals surface area contributed by atoms with Gasteiger partial charge in [-0.15, -0.1) is 0 Å². The number of nitrogens with one attached hydrogen (secondary N) is 2. The Bertz CT molecular complexity index is 747. The molecule has 7 nitrogen and oxygen atoms in total. The van der Waals surface area contributed by atoms with Crippen LogP contribution >= 0.6 is 0 Å². The van der Waals surface area contributed by atoms with Gasteiger partial charge in [-0.25, -0.2) is 4.79 Å². The molecule has 1 aliphatic rings. The number of urea groups is 1. The summed E-state index contributed by atoms with van der Waals surface area (Å²) in [6.45, 7) is 7.82. The van der Waals surface area contributed by atoms with Gasteiger partial charge in [0.15, 0.2) is 0 Å².